The van der Waals surface area contributed by atoms with E-state index in [1.54, 1.807) is 6.92 Å². The van der Waals surface area contributed by atoms with E-state index in [9.17, 15) is 13.2 Å². The van der Waals surface area contributed by atoms with Gasteiger partial charge >= 0.3 is 6.09 Å². The van der Waals surface area contributed by atoms with Crippen LogP contribution >= 0.6 is 0 Å². The second-order valence-corrected chi connectivity index (χ2v) is 5.13. The normalized spacial score (nSPS) is 18.1. The summed E-state index contributed by atoms with van der Waals surface area (Å²) in [6.45, 7) is 3.29. The summed E-state index contributed by atoms with van der Waals surface area (Å²) < 4.78 is 34.3. The van der Waals surface area contributed by atoms with E-state index >= 15 is 0 Å². The van der Waals surface area contributed by atoms with E-state index in [-0.39, 0.29) is 6.61 Å². The Balaban J connectivity index is 2.41. The SMILES string of the molecule is CCOC(=O)NCS(=O)(=O)N1CCOCC1. The lowest BCUT2D eigenvalue weighted by Crippen LogP contribution is -2.45. The van der Waals surface area contributed by atoms with Gasteiger partial charge in [0, 0.05) is 13.1 Å². The molecule has 0 aromatic rings. The Kier molecular flexibility index (Phi) is 4.97. The summed E-state index contributed by atoms with van der Waals surface area (Å²) >= 11 is 0. The molecule has 0 radical (unpaired) electrons. The van der Waals surface area contributed by atoms with Crippen LogP contribution in [0.25, 0.3) is 0 Å². The number of carbonyl (C=O) groups is 1. The minimum atomic E-state index is -3.46. The van der Waals surface area contributed by atoms with Gasteiger partial charge in [-0.1, -0.05) is 0 Å². The molecule has 1 heterocycles. The van der Waals surface area contributed by atoms with Crippen LogP contribution in [-0.4, -0.2) is 57.6 Å². The zero-order chi connectivity index (χ0) is 12.0. The van der Waals surface area contributed by atoms with Crippen molar-refractivity contribution in [1.82, 2.24) is 9.62 Å². The Morgan fingerprint density at radius 2 is 2.06 bits per heavy atom. The van der Waals surface area contributed by atoms with Gasteiger partial charge in [0.1, 0.15) is 5.88 Å². The molecule has 1 amide bonds. The summed E-state index contributed by atoms with van der Waals surface area (Å²) in [7, 11) is -3.46. The number of morpholine rings is 1. The Morgan fingerprint density at radius 1 is 1.44 bits per heavy atom. The van der Waals surface area contributed by atoms with Crippen molar-refractivity contribution in [2.24, 2.45) is 0 Å². The van der Waals surface area contributed by atoms with Crippen LogP contribution in [0.3, 0.4) is 0 Å². The largest absolute Gasteiger partial charge is 0.450 e. The van der Waals surface area contributed by atoms with Crippen molar-refractivity contribution < 1.29 is 22.7 Å². The number of sulfonamides is 1. The highest BCUT2D eigenvalue weighted by Gasteiger charge is 2.24. The fourth-order valence-corrected chi connectivity index (χ4v) is 2.44. The molecule has 0 atom stereocenters. The standard InChI is InChI=1S/C8H16N2O5S/c1-2-15-8(11)9-7-16(12,13)10-3-5-14-6-4-10/h2-7H2,1H3,(H,9,11). The van der Waals surface area contributed by atoms with Gasteiger partial charge in [0.05, 0.1) is 19.8 Å². The number of nitrogens with zero attached hydrogens (tertiary/aromatic N) is 1. The Morgan fingerprint density at radius 3 is 2.62 bits per heavy atom. The molecule has 1 aliphatic heterocycles. The van der Waals surface area contributed by atoms with E-state index in [2.05, 4.69) is 10.1 Å². The van der Waals surface area contributed by atoms with Gasteiger partial charge < -0.3 is 14.8 Å². The van der Waals surface area contributed by atoms with Crippen molar-refractivity contribution in [2.75, 3.05) is 38.8 Å². The van der Waals surface area contributed by atoms with E-state index in [0.717, 1.165) is 0 Å². The average Bonchev–Trinajstić information content (AvgIpc) is 2.28. The second-order valence-electron chi connectivity index (χ2n) is 3.16. The predicted molar refractivity (Wildman–Crippen MR) is 56.3 cm³/mol. The van der Waals surface area contributed by atoms with Gasteiger partial charge in [-0.3, -0.25) is 0 Å². The van der Waals surface area contributed by atoms with E-state index in [4.69, 9.17) is 4.74 Å². The molecule has 1 saturated heterocycles. The smallest absolute Gasteiger partial charge is 0.407 e. The summed E-state index contributed by atoms with van der Waals surface area (Å²) in [4.78, 5) is 10.9. The highest BCUT2D eigenvalue weighted by molar-refractivity contribution is 7.89. The number of hydrogen-bond donors (Lipinski definition) is 1. The van der Waals surface area contributed by atoms with Crippen LogP contribution in [0.2, 0.25) is 0 Å². The first-order chi connectivity index (χ1) is 7.56. The fraction of sp³-hybridized carbons (Fsp3) is 0.875. The van der Waals surface area contributed by atoms with Gasteiger partial charge in [-0.05, 0) is 6.92 Å². The van der Waals surface area contributed by atoms with Crippen molar-refractivity contribution >= 4 is 16.1 Å². The van der Waals surface area contributed by atoms with Crippen LogP contribution in [0.1, 0.15) is 6.92 Å². The maximum absolute atomic E-state index is 11.7. The molecule has 16 heavy (non-hydrogen) atoms. The molecule has 8 heteroatoms. The van der Waals surface area contributed by atoms with E-state index in [0.29, 0.717) is 26.3 Å². The van der Waals surface area contributed by atoms with E-state index in [1.165, 1.54) is 4.31 Å². The first-order valence-electron chi connectivity index (χ1n) is 5.02. The summed E-state index contributed by atoms with van der Waals surface area (Å²) in [5.41, 5.74) is 0. The molecule has 0 bridgehead atoms. The maximum atomic E-state index is 11.7. The van der Waals surface area contributed by atoms with Crippen molar-refractivity contribution in [3.05, 3.63) is 0 Å². The third kappa shape index (κ3) is 3.95. The van der Waals surface area contributed by atoms with Crippen LogP contribution in [0.4, 0.5) is 4.79 Å². The van der Waals surface area contributed by atoms with Gasteiger partial charge in [0.2, 0.25) is 10.0 Å². The van der Waals surface area contributed by atoms with Crippen LogP contribution in [0.15, 0.2) is 0 Å². The molecular formula is C8H16N2O5S. The third-order valence-electron chi connectivity index (χ3n) is 2.04. The lowest BCUT2D eigenvalue weighted by Gasteiger charge is -2.25. The molecular weight excluding hydrogens is 236 g/mol. The number of hydrogen-bond acceptors (Lipinski definition) is 5. The molecule has 0 aromatic heterocycles. The minimum Gasteiger partial charge on any atom is -0.450 e. The number of alkyl carbamates (subject to hydrolysis) is 1. The lowest BCUT2D eigenvalue weighted by molar-refractivity contribution is 0.0729. The van der Waals surface area contributed by atoms with Gasteiger partial charge in [-0.25, -0.2) is 13.2 Å². The molecule has 1 rings (SSSR count). The minimum absolute atomic E-state index is 0.212. The molecule has 7 nitrogen and oxygen atoms in total. The Labute approximate surface area is 94.7 Å². The number of carbonyl (C=O) groups excluding carboxylic acids is 1. The van der Waals surface area contributed by atoms with Gasteiger partial charge in [-0.15, -0.1) is 0 Å². The first kappa shape index (κ1) is 13.2. The molecule has 0 aromatic carbocycles. The zero-order valence-corrected chi connectivity index (χ0v) is 9.96. The number of rotatable bonds is 4. The average molecular weight is 252 g/mol. The zero-order valence-electron chi connectivity index (χ0n) is 9.14. The molecule has 0 unspecified atom stereocenters. The van der Waals surface area contributed by atoms with Crippen molar-refractivity contribution in [3.8, 4) is 0 Å². The molecule has 1 N–H and O–H groups in total. The molecule has 1 fully saturated rings. The monoisotopic (exact) mass is 252 g/mol. The van der Waals surface area contributed by atoms with Gasteiger partial charge in [0.15, 0.2) is 0 Å². The Hall–Kier alpha value is -0.860. The van der Waals surface area contributed by atoms with Crippen LogP contribution in [0, 0.1) is 0 Å². The molecule has 94 valence electrons. The number of ether oxygens (including phenoxy) is 2. The predicted octanol–water partition coefficient (Wildman–Crippen LogP) is -0.648. The topological polar surface area (TPSA) is 84.9 Å². The molecule has 0 spiro atoms. The molecule has 0 saturated carbocycles. The summed E-state index contributed by atoms with van der Waals surface area (Å²) in [5.74, 6) is -0.439. The van der Waals surface area contributed by atoms with E-state index in [1.807, 2.05) is 0 Å². The summed E-state index contributed by atoms with van der Waals surface area (Å²) in [6, 6.07) is 0. The number of amides is 1. The van der Waals surface area contributed by atoms with Gasteiger partial charge in [0.25, 0.3) is 0 Å². The fourth-order valence-electron chi connectivity index (χ4n) is 1.25. The van der Waals surface area contributed by atoms with Crippen LogP contribution < -0.4 is 5.32 Å². The maximum Gasteiger partial charge on any atom is 0.407 e. The first-order valence-corrected chi connectivity index (χ1v) is 6.63. The molecule has 1 aliphatic rings. The number of nitrogens with one attached hydrogen (secondary N) is 1. The lowest BCUT2D eigenvalue weighted by atomic mass is 10.5. The Bertz CT molecular complexity index is 323. The van der Waals surface area contributed by atoms with Crippen molar-refractivity contribution in [1.29, 1.82) is 0 Å². The van der Waals surface area contributed by atoms with Crippen LogP contribution in [0.5, 0.6) is 0 Å². The van der Waals surface area contributed by atoms with Crippen molar-refractivity contribution in [2.45, 2.75) is 6.92 Å². The summed E-state index contributed by atoms with van der Waals surface area (Å²) in [6.07, 6.45) is -0.723. The van der Waals surface area contributed by atoms with Crippen LogP contribution in [-0.2, 0) is 19.5 Å². The second kappa shape index (κ2) is 6.02. The van der Waals surface area contributed by atoms with Gasteiger partial charge in [-0.2, -0.15) is 4.31 Å². The highest BCUT2D eigenvalue weighted by Crippen LogP contribution is 2.04. The van der Waals surface area contributed by atoms with E-state index < -0.39 is 22.0 Å². The van der Waals surface area contributed by atoms with Crippen molar-refractivity contribution in [3.63, 3.8) is 0 Å². The molecule has 0 aliphatic carbocycles. The quantitative estimate of drug-likeness (QED) is 0.719. The highest BCUT2D eigenvalue weighted by atomic mass is 32.2. The summed E-state index contributed by atoms with van der Waals surface area (Å²) in [5, 5.41) is 2.19. The third-order valence-corrected chi connectivity index (χ3v) is 3.70.